The molecule has 1 saturated heterocycles. The molecule has 3 heterocycles. The lowest BCUT2D eigenvalue weighted by molar-refractivity contribution is 0.0933. The van der Waals surface area contributed by atoms with Crippen LogP contribution in [0.3, 0.4) is 0 Å². The number of carbonyl (C=O) groups excluding carboxylic acids is 1. The molecule has 1 amide bonds. The van der Waals surface area contributed by atoms with Crippen molar-refractivity contribution >= 4 is 11.6 Å². The number of para-hydroxylation sites is 1. The molecule has 1 aliphatic heterocycles. The van der Waals surface area contributed by atoms with Gasteiger partial charge < -0.3 is 14.8 Å². The molecule has 1 atom stereocenters. The van der Waals surface area contributed by atoms with Gasteiger partial charge >= 0.3 is 0 Å². The van der Waals surface area contributed by atoms with Crippen LogP contribution in [0.4, 0.5) is 5.69 Å². The molecule has 0 saturated carbocycles. The Morgan fingerprint density at radius 3 is 2.42 bits per heavy atom. The zero-order valence-corrected chi connectivity index (χ0v) is 18.6. The van der Waals surface area contributed by atoms with Crippen LogP contribution in [0.1, 0.15) is 28.7 Å². The fourth-order valence-electron chi connectivity index (χ4n) is 4.40. The van der Waals surface area contributed by atoms with Gasteiger partial charge in [0.2, 0.25) is 0 Å². The summed E-state index contributed by atoms with van der Waals surface area (Å²) in [7, 11) is 0. The Morgan fingerprint density at radius 2 is 1.74 bits per heavy atom. The van der Waals surface area contributed by atoms with Crippen molar-refractivity contribution in [2.24, 2.45) is 0 Å². The fourth-order valence-corrected chi connectivity index (χ4v) is 4.40. The minimum absolute atomic E-state index is 0.0157. The number of hydrogen-bond donors (Lipinski definition) is 1. The lowest BCUT2D eigenvalue weighted by Gasteiger charge is -2.39. The largest absolute Gasteiger partial charge is 0.369 e. The summed E-state index contributed by atoms with van der Waals surface area (Å²) in [4.78, 5) is 22.0. The predicted octanol–water partition coefficient (Wildman–Crippen LogP) is 3.43. The fraction of sp³-hybridized carbons (Fsp3) is 0.360. The molecule has 162 valence electrons. The number of nitrogens with one attached hydrogen (secondary N) is 1. The summed E-state index contributed by atoms with van der Waals surface area (Å²) in [6, 6.07) is 16.7. The van der Waals surface area contributed by atoms with Crippen LogP contribution in [0.2, 0.25) is 0 Å². The first-order valence-electron chi connectivity index (χ1n) is 11.0. The van der Waals surface area contributed by atoms with E-state index in [0.717, 1.165) is 48.8 Å². The smallest absolute Gasteiger partial charge is 0.253 e. The van der Waals surface area contributed by atoms with Crippen molar-refractivity contribution in [2.45, 2.75) is 26.8 Å². The molecule has 1 N–H and O–H groups in total. The summed E-state index contributed by atoms with van der Waals surface area (Å²) < 4.78 is 2.08. The molecule has 1 aliphatic rings. The molecule has 4 rings (SSSR count). The predicted molar refractivity (Wildman–Crippen MR) is 125 cm³/mol. The number of rotatable bonds is 6. The average molecular weight is 418 g/mol. The second-order valence-corrected chi connectivity index (χ2v) is 8.25. The Hall–Kier alpha value is -3.12. The van der Waals surface area contributed by atoms with Crippen LogP contribution in [0, 0.1) is 13.8 Å². The van der Waals surface area contributed by atoms with Crippen molar-refractivity contribution in [3.05, 3.63) is 77.9 Å². The lowest BCUT2D eigenvalue weighted by Crippen LogP contribution is -2.52. The third kappa shape index (κ3) is 4.64. The van der Waals surface area contributed by atoms with E-state index in [1.165, 1.54) is 5.69 Å². The number of nitrogens with zero attached hydrogens (tertiary/aromatic N) is 4. The van der Waals surface area contributed by atoms with Crippen molar-refractivity contribution in [1.82, 2.24) is 19.8 Å². The highest BCUT2D eigenvalue weighted by atomic mass is 16.1. The number of benzene rings is 1. The van der Waals surface area contributed by atoms with Crippen molar-refractivity contribution in [2.75, 3.05) is 37.6 Å². The van der Waals surface area contributed by atoms with Gasteiger partial charge in [-0.25, -0.2) is 0 Å². The van der Waals surface area contributed by atoms with Gasteiger partial charge in [0.05, 0.1) is 17.4 Å². The van der Waals surface area contributed by atoms with E-state index in [9.17, 15) is 4.79 Å². The van der Waals surface area contributed by atoms with Crippen LogP contribution >= 0.6 is 0 Å². The molecular formula is C25H31N5O. The van der Waals surface area contributed by atoms with Gasteiger partial charge in [-0.1, -0.05) is 18.2 Å². The minimum atomic E-state index is -0.0157. The Kier molecular flexibility index (Phi) is 6.37. The Labute approximate surface area is 184 Å². The zero-order chi connectivity index (χ0) is 21.8. The van der Waals surface area contributed by atoms with E-state index in [4.69, 9.17) is 0 Å². The summed E-state index contributed by atoms with van der Waals surface area (Å²) in [5.41, 5.74) is 4.95. The Balaban J connectivity index is 1.33. The SMILES string of the molecule is Cc1cc(C(=O)NCC(C)N2CCN(c3ccccc3)CC2)c(C)n1-c1cccnc1. The van der Waals surface area contributed by atoms with Gasteiger partial charge in [0, 0.05) is 62.0 Å². The summed E-state index contributed by atoms with van der Waals surface area (Å²) in [6.45, 7) is 10.9. The number of hydrogen-bond acceptors (Lipinski definition) is 4. The molecule has 1 unspecified atom stereocenters. The number of pyridine rings is 1. The van der Waals surface area contributed by atoms with E-state index in [1.807, 2.05) is 38.2 Å². The monoisotopic (exact) mass is 417 g/mol. The third-order valence-corrected chi connectivity index (χ3v) is 6.20. The summed E-state index contributed by atoms with van der Waals surface area (Å²) in [5.74, 6) is -0.0157. The molecule has 0 spiro atoms. The van der Waals surface area contributed by atoms with Crippen LogP contribution in [-0.2, 0) is 0 Å². The van der Waals surface area contributed by atoms with Gasteiger partial charge in [0.15, 0.2) is 0 Å². The van der Waals surface area contributed by atoms with Gasteiger partial charge in [0.1, 0.15) is 0 Å². The van der Waals surface area contributed by atoms with Gasteiger partial charge in [-0.2, -0.15) is 0 Å². The molecule has 6 heteroatoms. The molecule has 31 heavy (non-hydrogen) atoms. The number of anilines is 1. The van der Waals surface area contributed by atoms with Crippen LogP contribution in [0.15, 0.2) is 60.9 Å². The Morgan fingerprint density at radius 1 is 1.03 bits per heavy atom. The van der Waals surface area contributed by atoms with E-state index in [1.54, 1.807) is 6.20 Å². The Bertz CT molecular complexity index is 1010. The first kappa shape index (κ1) is 21.1. The number of carbonyl (C=O) groups is 1. The van der Waals surface area contributed by atoms with E-state index in [0.29, 0.717) is 12.6 Å². The highest BCUT2D eigenvalue weighted by Gasteiger charge is 2.22. The molecule has 3 aromatic rings. The molecule has 2 aromatic heterocycles. The van der Waals surface area contributed by atoms with E-state index in [2.05, 4.69) is 61.9 Å². The normalized spacial score (nSPS) is 15.6. The summed E-state index contributed by atoms with van der Waals surface area (Å²) in [5, 5.41) is 3.15. The van der Waals surface area contributed by atoms with Crippen LogP contribution in [-0.4, -0.2) is 59.1 Å². The molecule has 1 fully saturated rings. The molecule has 6 nitrogen and oxygen atoms in total. The maximum Gasteiger partial charge on any atom is 0.253 e. The topological polar surface area (TPSA) is 53.4 Å². The average Bonchev–Trinajstić information content (AvgIpc) is 3.12. The van der Waals surface area contributed by atoms with E-state index < -0.39 is 0 Å². The van der Waals surface area contributed by atoms with Crippen molar-refractivity contribution in [3.8, 4) is 5.69 Å². The van der Waals surface area contributed by atoms with Gasteiger partial charge in [-0.15, -0.1) is 0 Å². The standard InChI is InChI=1S/C25H31N5O/c1-19-16-24(21(3)30(19)23-10-7-11-26-18-23)25(31)27-17-20(2)28-12-14-29(15-13-28)22-8-5-4-6-9-22/h4-11,16,18,20H,12-15,17H2,1-3H3,(H,27,31). The number of aromatic nitrogens is 2. The number of aryl methyl sites for hydroxylation is 1. The third-order valence-electron chi connectivity index (χ3n) is 6.20. The zero-order valence-electron chi connectivity index (χ0n) is 18.6. The molecule has 0 radical (unpaired) electrons. The van der Waals surface area contributed by atoms with Crippen molar-refractivity contribution in [1.29, 1.82) is 0 Å². The quantitative estimate of drug-likeness (QED) is 0.668. The second kappa shape index (κ2) is 9.35. The highest BCUT2D eigenvalue weighted by molar-refractivity contribution is 5.95. The second-order valence-electron chi connectivity index (χ2n) is 8.25. The maximum atomic E-state index is 12.9. The van der Waals surface area contributed by atoms with E-state index >= 15 is 0 Å². The highest BCUT2D eigenvalue weighted by Crippen LogP contribution is 2.20. The summed E-state index contributed by atoms with van der Waals surface area (Å²) >= 11 is 0. The maximum absolute atomic E-state index is 12.9. The molecular weight excluding hydrogens is 386 g/mol. The van der Waals surface area contributed by atoms with Gasteiger partial charge in [-0.3, -0.25) is 14.7 Å². The van der Waals surface area contributed by atoms with Crippen molar-refractivity contribution < 1.29 is 4.79 Å². The van der Waals surface area contributed by atoms with Crippen LogP contribution < -0.4 is 10.2 Å². The minimum Gasteiger partial charge on any atom is -0.369 e. The first-order valence-corrected chi connectivity index (χ1v) is 11.0. The number of amides is 1. The van der Waals surface area contributed by atoms with Gasteiger partial charge in [0.25, 0.3) is 5.91 Å². The van der Waals surface area contributed by atoms with Crippen LogP contribution in [0.25, 0.3) is 5.69 Å². The first-order chi connectivity index (χ1) is 15.0. The summed E-state index contributed by atoms with van der Waals surface area (Å²) in [6.07, 6.45) is 3.57. The molecule has 1 aromatic carbocycles. The van der Waals surface area contributed by atoms with Crippen LogP contribution in [0.5, 0.6) is 0 Å². The molecule has 0 aliphatic carbocycles. The molecule has 0 bridgehead atoms. The van der Waals surface area contributed by atoms with E-state index in [-0.39, 0.29) is 5.91 Å². The number of piperazine rings is 1. The van der Waals surface area contributed by atoms with Gasteiger partial charge in [-0.05, 0) is 51.1 Å². The lowest BCUT2D eigenvalue weighted by atomic mass is 10.2. The van der Waals surface area contributed by atoms with Crippen molar-refractivity contribution in [3.63, 3.8) is 0 Å².